The molecule has 6 heteroatoms. The van der Waals surface area contributed by atoms with Crippen molar-refractivity contribution in [2.24, 2.45) is 5.92 Å². The summed E-state index contributed by atoms with van der Waals surface area (Å²) in [5.41, 5.74) is 8.39. The number of fused-ring (bicyclic) bond motifs is 1. The van der Waals surface area contributed by atoms with Gasteiger partial charge < -0.3 is 16.2 Å². The van der Waals surface area contributed by atoms with Gasteiger partial charge in [0.1, 0.15) is 5.82 Å². The highest BCUT2D eigenvalue weighted by molar-refractivity contribution is 5.83. The number of pyridine rings is 1. The summed E-state index contributed by atoms with van der Waals surface area (Å²) in [5, 5.41) is 13.9. The van der Waals surface area contributed by atoms with Gasteiger partial charge in [0.15, 0.2) is 0 Å². The Bertz CT molecular complexity index is 898. The van der Waals surface area contributed by atoms with Crippen LogP contribution in [0.3, 0.4) is 0 Å². The number of nitrogen functional groups attached to an aromatic ring is 1. The number of aliphatic hydroxyl groups excluding tert-OH is 1. The molecular weight excluding hydrogens is 314 g/mol. The van der Waals surface area contributed by atoms with Gasteiger partial charge in [0, 0.05) is 24.2 Å². The van der Waals surface area contributed by atoms with E-state index in [0.717, 1.165) is 41.4 Å². The van der Waals surface area contributed by atoms with Gasteiger partial charge in [-0.25, -0.2) is 9.97 Å². The van der Waals surface area contributed by atoms with Crippen LogP contribution in [0.4, 0.5) is 11.8 Å². The largest absolute Gasteiger partial charge is 0.396 e. The monoisotopic (exact) mass is 335 g/mol. The summed E-state index contributed by atoms with van der Waals surface area (Å²) in [5.74, 6) is 1.31. The minimum atomic E-state index is 0.239. The van der Waals surface area contributed by atoms with E-state index in [1.807, 2.05) is 30.3 Å². The van der Waals surface area contributed by atoms with E-state index in [2.05, 4.69) is 21.4 Å². The lowest BCUT2D eigenvalue weighted by molar-refractivity contribution is 0.229. The number of anilines is 2. The smallest absolute Gasteiger partial charge is 0.221 e. The average molecular weight is 335 g/mol. The highest BCUT2D eigenvalue weighted by Gasteiger charge is 2.25. The molecule has 2 atom stereocenters. The second-order valence-electron chi connectivity index (χ2n) is 6.58. The predicted molar refractivity (Wildman–Crippen MR) is 99.0 cm³/mol. The molecule has 1 aliphatic rings. The van der Waals surface area contributed by atoms with Gasteiger partial charge in [0.25, 0.3) is 0 Å². The van der Waals surface area contributed by atoms with E-state index >= 15 is 0 Å². The molecule has 4 N–H and O–H groups in total. The number of nitrogens with one attached hydrogen (secondary N) is 1. The molecule has 0 aliphatic heterocycles. The zero-order chi connectivity index (χ0) is 17.2. The number of hydrogen-bond acceptors (Lipinski definition) is 6. The second kappa shape index (κ2) is 6.64. The first-order chi connectivity index (χ1) is 12.2. The van der Waals surface area contributed by atoms with E-state index in [0.29, 0.717) is 11.7 Å². The van der Waals surface area contributed by atoms with Crippen LogP contribution >= 0.6 is 0 Å². The fourth-order valence-corrected chi connectivity index (χ4v) is 3.47. The van der Waals surface area contributed by atoms with E-state index in [4.69, 9.17) is 10.7 Å². The second-order valence-corrected chi connectivity index (χ2v) is 6.58. The van der Waals surface area contributed by atoms with Gasteiger partial charge >= 0.3 is 0 Å². The zero-order valence-electron chi connectivity index (χ0n) is 13.9. The minimum Gasteiger partial charge on any atom is -0.396 e. The number of nitrogens with zero attached hydrogens (tertiary/aromatic N) is 3. The van der Waals surface area contributed by atoms with E-state index in [-0.39, 0.29) is 18.6 Å². The maximum Gasteiger partial charge on any atom is 0.221 e. The SMILES string of the molecule is Nc1ncc(-c2ccc3ccccc3n2)c(NC2CCC(CO)C2)n1. The van der Waals surface area contributed by atoms with Crippen molar-refractivity contribution >= 4 is 22.7 Å². The lowest BCUT2D eigenvalue weighted by Crippen LogP contribution is -2.18. The Kier molecular flexibility index (Phi) is 4.19. The van der Waals surface area contributed by atoms with Crippen LogP contribution in [0.25, 0.3) is 22.2 Å². The molecule has 4 rings (SSSR count). The molecule has 0 saturated heterocycles. The molecule has 1 saturated carbocycles. The van der Waals surface area contributed by atoms with Crippen LogP contribution < -0.4 is 11.1 Å². The fraction of sp³-hybridized carbons (Fsp3) is 0.316. The summed E-state index contributed by atoms with van der Waals surface area (Å²) >= 11 is 0. The van der Waals surface area contributed by atoms with Crippen molar-refractivity contribution in [2.75, 3.05) is 17.7 Å². The molecule has 1 aromatic carbocycles. The lowest BCUT2D eigenvalue weighted by Gasteiger charge is -2.16. The summed E-state index contributed by atoms with van der Waals surface area (Å²) in [6, 6.07) is 12.3. The quantitative estimate of drug-likeness (QED) is 0.678. The Morgan fingerprint density at radius 2 is 2.00 bits per heavy atom. The van der Waals surface area contributed by atoms with Gasteiger partial charge in [0.2, 0.25) is 5.95 Å². The third-order valence-corrected chi connectivity index (χ3v) is 4.82. The van der Waals surface area contributed by atoms with Crippen molar-refractivity contribution in [3.8, 4) is 11.3 Å². The molecule has 0 amide bonds. The van der Waals surface area contributed by atoms with Crippen molar-refractivity contribution in [1.82, 2.24) is 15.0 Å². The first kappa shape index (κ1) is 15.8. The van der Waals surface area contributed by atoms with Gasteiger partial charge in [-0.3, -0.25) is 0 Å². The highest BCUT2D eigenvalue weighted by Crippen LogP contribution is 2.31. The molecule has 0 radical (unpaired) electrons. The van der Waals surface area contributed by atoms with Gasteiger partial charge in [-0.2, -0.15) is 4.98 Å². The molecule has 6 nitrogen and oxygen atoms in total. The van der Waals surface area contributed by atoms with E-state index in [1.54, 1.807) is 6.20 Å². The average Bonchev–Trinajstić information content (AvgIpc) is 3.09. The van der Waals surface area contributed by atoms with Crippen molar-refractivity contribution in [3.05, 3.63) is 42.6 Å². The van der Waals surface area contributed by atoms with Crippen LogP contribution in [0.15, 0.2) is 42.6 Å². The molecule has 25 heavy (non-hydrogen) atoms. The Hall–Kier alpha value is -2.73. The third kappa shape index (κ3) is 3.25. The topological polar surface area (TPSA) is 97.0 Å². The molecule has 3 aromatic rings. The van der Waals surface area contributed by atoms with Crippen molar-refractivity contribution in [1.29, 1.82) is 0 Å². The molecule has 2 heterocycles. The summed E-state index contributed by atoms with van der Waals surface area (Å²) in [7, 11) is 0. The van der Waals surface area contributed by atoms with Crippen LogP contribution in [0, 0.1) is 5.92 Å². The molecule has 2 unspecified atom stereocenters. The number of hydrogen-bond donors (Lipinski definition) is 3. The van der Waals surface area contributed by atoms with Crippen molar-refractivity contribution in [3.63, 3.8) is 0 Å². The fourth-order valence-electron chi connectivity index (χ4n) is 3.47. The molecular formula is C19H21N5O. The maximum absolute atomic E-state index is 9.34. The summed E-state index contributed by atoms with van der Waals surface area (Å²) in [6.45, 7) is 0.239. The highest BCUT2D eigenvalue weighted by atomic mass is 16.3. The molecule has 1 aliphatic carbocycles. The van der Waals surface area contributed by atoms with Crippen LogP contribution in [0.2, 0.25) is 0 Å². The molecule has 0 bridgehead atoms. The van der Waals surface area contributed by atoms with Crippen molar-refractivity contribution in [2.45, 2.75) is 25.3 Å². The molecule has 2 aromatic heterocycles. The maximum atomic E-state index is 9.34. The van der Waals surface area contributed by atoms with Crippen LogP contribution in [-0.4, -0.2) is 32.7 Å². The number of aromatic nitrogens is 3. The zero-order valence-corrected chi connectivity index (χ0v) is 13.9. The standard InChI is InChI=1S/C19H21N5O/c20-19-21-10-15(17-8-6-13-3-1-2-4-16(13)23-17)18(24-19)22-14-7-5-12(9-14)11-25/h1-4,6,8,10,12,14,25H,5,7,9,11H2,(H3,20,21,22,24). The Morgan fingerprint density at radius 1 is 1.12 bits per heavy atom. The molecule has 128 valence electrons. The van der Waals surface area contributed by atoms with Crippen LogP contribution in [-0.2, 0) is 0 Å². The Labute approximate surface area is 146 Å². The minimum absolute atomic E-state index is 0.239. The third-order valence-electron chi connectivity index (χ3n) is 4.82. The van der Waals surface area contributed by atoms with Crippen molar-refractivity contribution < 1.29 is 5.11 Å². The number of benzene rings is 1. The number of para-hydroxylation sites is 1. The first-order valence-electron chi connectivity index (χ1n) is 8.59. The Balaban J connectivity index is 1.68. The van der Waals surface area contributed by atoms with E-state index < -0.39 is 0 Å². The number of nitrogens with two attached hydrogens (primary N) is 1. The first-order valence-corrected chi connectivity index (χ1v) is 8.59. The predicted octanol–water partition coefficient (Wildman–Crippen LogP) is 2.85. The normalized spacial score (nSPS) is 20.0. The van der Waals surface area contributed by atoms with Gasteiger partial charge in [-0.15, -0.1) is 0 Å². The van der Waals surface area contributed by atoms with Gasteiger partial charge in [-0.05, 0) is 37.3 Å². The summed E-state index contributed by atoms with van der Waals surface area (Å²) < 4.78 is 0. The van der Waals surface area contributed by atoms with E-state index in [9.17, 15) is 5.11 Å². The van der Waals surface area contributed by atoms with Gasteiger partial charge in [-0.1, -0.05) is 24.3 Å². The Morgan fingerprint density at radius 3 is 2.84 bits per heavy atom. The number of aliphatic hydroxyl groups is 1. The van der Waals surface area contributed by atoms with Crippen LogP contribution in [0.5, 0.6) is 0 Å². The molecule has 1 fully saturated rings. The number of rotatable bonds is 4. The summed E-state index contributed by atoms with van der Waals surface area (Å²) in [4.78, 5) is 13.3. The van der Waals surface area contributed by atoms with Crippen LogP contribution in [0.1, 0.15) is 19.3 Å². The van der Waals surface area contributed by atoms with Gasteiger partial charge in [0.05, 0.1) is 16.8 Å². The molecule has 0 spiro atoms. The summed E-state index contributed by atoms with van der Waals surface area (Å²) in [6.07, 6.45) is 4.70. The van der Waals surface area contributed by atoms with E-state index in [1.165, 1.54) is 0 Å². The lowest BCUT2D eigenvalue weighted by atomic mass is 10.1.